The van der Waals surface area contributed by atoms with Crippen molar-refractivity contribution in [3.8, 4) is 0 Å². The molecule has 0 amide bonds. The highest BCUT2D eigenvalue weighted by Gasteiger charge is 2.41. The molecule has 1 aromatic rings. The molecule has 21 heavy (non-hydrogen) atoms. The first-order valence-electron chi connectivity index (χ1n) is 5.72. The second-order valence-corrected chi connectivity index (χ2v) is 4.27. The molecule has 0 atom stereocenters. The number of hydrogen-bond acceptors (Lipinski definition) is 4. The second-order valence-electron chi connectivity index (χ2n) is 4.27. The van der Waals surface area contributed by atoms with Crippen LogP contribution in [-0.4, -0.2) is 19.0 Å². The molecule has 0 saturated heterocycles. The van der Waals surface area contributed by atoms with Crippen molar-refractivity contribution in [2.75, 3.05) is 24.1 Å². The van der Waals surface area contributed by atoms with Gasteiger partial charge in [0.2, 0.25) is 0 Å². The molecule has 116 valence electrons. The van der Waals surface area contributed by atoms with Crippen molar-refractivity contribution in [2.24, 2.45) is 4.99 Å². The van der Waals surface area contributed by atoms with Crippen LogP contribution in [-0.2, 0) is 12.4 Å². The van der Waals surface area contributed by atoms with Crippen LogP contribution in [0.5, 0.6) is 0 Å². The summed E-state index contributed by atoms with van der Waals surface area (Å²) < 4.78 is 77.7. The lowest BCUT2D eigenvalue weighted by Crippen LogP contribution is -2.29. The first-order chi connectivity index (χ1) is 9.59. The molecule has 1 heterocycles. The third kappa shape index (κ3) is 3.31. The zero-order valence-electron chi connectivity index (χ0n) is 10.4. The van der Waals surface area contributed by atoms with Gasteiger partial charge in [0.25, 0.3) is 0 Å². The number of anilines is 2. The Kier molecular flexibility index (Phi) is 3.64. The molecule has 0 radical (unpaired) electrons. The Morgan fingerprint density at radius 1 is 1.05 bits per heavy atom. The van der Waals surface area contributed by atoms with Crippen LogP contribution in [0.15, 0.2) is 17.1 Å². The van der Waals surface area contributed by atoms with E-state index in [4.69, 9.17) is 5.73 Å². The minimum absolute atomic E-state index is 0.143. The van der Waals surface area contributed by atoms with Gasteiger partial charge >= 0.3 is 12.4 Å². The van der Waals surface area contributed by atoms with E-state index in [-0.39, 0.29) is 12.5 Å². The van der Waals surface area contributed by atoms with Crippen molar-refractivity contribution in [1.29, 1.82) is 0 Å². The zero-order valence-corrected chi connectivity index (χ0v) is 10.4. The standard InChI is InChI=1S/C11H10F6N4/c12-10(13,14)6-3-5(18)4-7(11(15,16)17)8(6)21-9-19-1-2-20-9/h3-4H,1-2,18H2,(H2,19,20,21). The molecule has 0 aromatic heterocycles. The van der Waals surface area contributed by atoms with Crippen molar-refractivity contribution in [3.05, 3.63) is 23.3 Å². The van der Waals surface area contributed by atoms with Crippen LogP contribution in [0.2, 0.25) is 0 Å². The van der Waals surface area contributed by atoms with Crippen LogP contribution in [0.25, 0.3) is 0 Å². The van der Waals surface area contributed by atoms with Crippen molar-refractivity contribution < 1.29 is 26.3 Å². The quantitative estimate of drug-likeness (QED) is 0.552. The molecule has 0 bridgehead atoms. The van der Waals surface area contributed by atoms with E-state index in [2.05, 4.69) is 15.6 Å². The van der Waals surface area contributed by atoms with Gasteiger partial charge in [0.15, 0.2) is 5.96 Å². The molecule has 1 aliphatic rings. The van der Waals surface area contributed by atoms with Gasteiger partial charge in [0.1, 0.15) is 0 Å². The fraction of sp³-hybridized carbons (Fsp3) is 0.364. The van der Waals surface area contributed by atoms with Gasteiger partial charge in [-0.3, -0.25) is 4.99 Å². The Morgan fingerprint density at radius 3 is 1.95 bits per heavy atom. The van der Waals surface area contributed by atoms with E-state index in [0.29, 0.717) is 18.7 Å². The topological polar surface area (TPSA) is 62.4 Å². The van der Waals surface area contributed by atoms with Gasteiger partial charge < -0.3 is 16.4 Å². The smallest absolute Gasteiger partial charge is 0.399 e. The Balaban J connectivity index is 2.61. The van der Waals surface area contributed by atoms with Crippen LogP contribution in [0.1, 0.15) is 11.1 Å². The van der Waals surface area contributed by atoms with Crippen molar-refractivity contribution in [1.82, 2.24) is 5.32 Å². The number of hydrogen-bond donors (Lipinski definition) is 3. The highest BCUT2D eigenvalue weighted by Crippen LogP contribution is 2.44. The van der Waals surface area contributed by atoms with Crippen molar-refractivity contribution in [3.63, 3.8) is 0 Å². The largest absolute Gasteiger partial charge is 0.418 e. The highest BCUT2D eigenvalue weighted by molar-refractivity contribution is 5.96. The number of nitrogens with zero attached hydrogens (tertiary/aromatic N) is 1. The fourth-order valence-electron chi connectivity index (χ4n) is 1.85. The number of alkyl halides is 6. The van der Waals surface area contributed by atoms with Gasteiger partial charge in [-0.05, 0) is 12.1 Å². The lowest BCUT2D eigenvalue weighted by Gasteiger charge is -2.20. The molecular formula is C11H10F6N4. The first kappa shape index (κ1) is 15.3. The predicted octanol–water partition coefficient (Wildman–Crippen LogP) is 2.68. The summed E-state index contributed by atoms with van der Waals surface area (Å²) in [6.07, 6.45) is -9.98. The van der Waals surface area contributed by atoms with E-state index in [1.54, 1.807) is 0 Å². The van der Waals surface area contributed by atoms with Crippen LogP contribution < -0.4 is 16.4 Å². The molecule has 4 N–H and O–H groups in total. The summed E-state index contributed by atoms with van der Waals surface area (Å²) in [4.78, 5) is 3.73. The molecule has 0 aliphatic carbocycles. The highest BCUT2D eigenvalue weighted by atomic mass is 19.4. The van der Waals surface area contributed by atoms with E-state index in [1.165, 1.54) is 0 Å². The Labute approximate surface area is 115 Å². The molecule has 0 unspecified atom stereocenters. The maximum Gasteiger partial charge on any atom is 0.418 e. The maximum absolute atomic E-state index is 12.9. The molecule has 4 nitrogen and oxygen atoms in total. The molecule has 0 spiro atoms. The van der Waals surface area contributed by atoms with E-state index in [1.807, 2.05) is 0 Å². The third-order valence-electron chi connectivity index (χ3n) is 2.69. The number of nitrogens with two attached hydrogens (primary N) is 1. The normalized spacial score (nSPS) is 15.6. The number of halogens is 6. The maximum atomic E-state index is 12.9. The molecule has 1 aromatic carbocycles. The average molecular weight is 312 g/mol. The predicted molar refractivity (Wildman–Crippen MR) is 64.8 cm³/mol. The molecular weight excluding hydrogens is 302 g/mol. The molecule has 10 heteroatoms. The molecule has 1 aliphatic heterocycles. The average Bonchev–Trinajstić information content (AvgIpc) is 2.81. The number of rotatable bonds is 1. The number of benzene rings is 1. The minimum Gasteiger partial charge on any atom is -0.399 e. The minimum atomic E-state index is -4.99. The lowest BCUT2D eigenvalue weighted by molar-refractivity contribution is -0.141. The Bertz CT molecular complexity index is 540. The van der Waals surface area contributed by atoms with Crippen molar-refractivity contribution >= 4 is 17.3 Å². The molecule has 0 saturated carbocycles. The second kappa shape index (κ2) is 5.01. The van der Waals surface area contributed by atoms with Gasteiger partial charge in [0, 0.05) is 12.2 Å². The lowest BCUT2D eigenvalue weighted by atomic mass is 10.0. The van der Waals surface area contributed by atoms with Crippen LogP contribution in [0, 0.1) is 0 Å². The zero-order chi connectivity index (χ0) is 15.8. The van der Waals surface area contributed by atoms with Gasteiger partial charge in [-0.2, -0.15) is 26.3 Å². The Morgan fingerprint density at radius 2 is 1.57 bits per heavy atom. The summed E-state index contributed by atoms with van der Waals surface area (Å²) in [6.45, 7) is 0.597. The summed E-state index contributed by atoms with van der Waals surface area (Å²) in [6, 6.07) is 0.903. The number of nitrogen functional groups attached to an aromatic ring is 1. The third-order valence-corrected chi connectivity index (χ3v) is 2.69. The van der Waals surface area contributed by atoms with Gasteiger partial charge in [-0.1, -0.05) is 0 Å². The van der Waals surface area contributed by atoms with Crippen LogP contribution in [0.3, 0.4) is 0 Å². The number of nitrogens with one attached hydrogen (secondary N) is 2. The first-order valence-corrected chi connectivity index (χ1v) is 5.72. The van der Waals surface area contributed by atoms with E-state index in [0.717, 1.165) is 0 Å². The number of aliphatic imine (C=N–C) groups is 1. The Hall–Kier alpha value is -2.13. The summed E-state index contributed by atoms with van der Waals surface area (Å²) in [5, 5.41) is 4.61. The van der Waals surface area contributed by atoms with E-state index >= 15 is 0 Å². The van der Waals surface area contributed by atoms with Crippen LogP contribution in [0.4, 0.5) is 37.7 Å². The summed E-state index contributed by atoms with van der Waals surface area (Å²) in [5.41, 5.74) is 0.431. The number of guanidine groups is 1. The summed E-state index contributed by atoms with van der Waals surface area (Å²) in [5.74, 6) is -0.143. The molecule has 2 rings (SSSR count). The summed E-state index contributed by atoms with van der Waals surface area (Å²) >= 11 is 0. The fourth-order valence-corrected chi connectivity index (χ4v) is 1.85. The summed E-state index contributed by atoms with van der Waals surface area (Å²) in [7, 11) is 0. The van der Waals surface area contributed by atoms with Gasteiger partial charge in [-0.15, -0.1) is 0 Å². The van der Waals surface area contributed by atoms with Crippen LogP contribution >= 0.6 is 0 Å². The molecule has 0 fully saturated rings. The monoisotopic (exact) mass is 312 g/mol. The van der Waals surface area contributed by atoms with Gasteiger partial charge in [0.05, 0.1) is 23.4 Å². The van der Waals surface area contributed by atoms with Crippen molar-refractivity contribution in [2.45, 2.75) is 12.4 Å². The SMILES string of the molecule is Nc1cc(C(F)(F)F)c(NC2=NCCN2)c(C(F)(F)F)c1. The van der Waals surface area contributed by atoms with E-state index in [9.17, 15) is 26.3 Å². The van der Waals surface area contributed by atoms with Gasteiger partial charge in [-0.25, -0.2) is 0 Å². The van der Waals surface area contributed by atoms with E-state index < -0.39 is 34.9 Å².